The minimum Gasteiger partial charge on any atom is -0.494 e. The van der Waals surface area contributed by atoms with Crippen LogP contribution in [0.5, 0.6) is 11.5 Å². The monoisotopic (exact) mass is 819 g/mol. The van der Waals surface area contributed by atoms with Gasteiger partial charge in [0.2, 0.25) is 0 Å². The number of unbranched alkanes of at least 4 members (excludes halogenated alkanes) is 8. The van der Waals surface area contributed by atoms with Gasteiger partial charge in [0.15, 0.2) is 0 Å². The molecule has 0 saturated carbocycles. The summed E-state index contributed by atoms with van der Waals surface area (Å²) in [5.41, 5.74) is 18.0. The van der Waals surface area contributed by atoms with Gasteiger partial charge < -0.3 is 9.47 Å². The maximum atomic E-state index is 6.36. The lowest BCUT2D eigenvalue weighted by Crippen LogP contribution is -2.01. The van der Waals surface area contributed by atoms with Gasteiger partial charge in [0.1, 0.15) is 11.5 Å². The van der Waals surface area contributed by atoms with Gasteiger partial charge in [-0.25, -0.2) is 0 Å². The molecule has 1 aliphatic carbocycles. The average Bonchev–Trinajstić information content (AvgIpc) is 3.65. The molecule has 0 saturated heterocycles. The van der Waals surface area contributed by atoms with Crippen LogP contribution in [-0.2, 0) is 12.8 Å². The Morgan fingerprint density at radius 2 is 0.677 bits per heavy atom. The third kappa shape index (κ3) is 9.41. The number of aryl methyl sites for hydroxylation is 2. The summed E-state index contributed by atoms with van der Waals surface area (Å²) in [6, 6.07) is 50.8. The quantitative estimate of drug-likeness (QED) is 0.0634. The molecule has 0 fully saturated rings. The molecule has 62 heavy (non-hydrogen) atoms. The lowest BCUT2D eigenvalue weighted by Gasteiger charge is -2.26. The molecule has 7 aromatic carbocycles. The molecular weight excluding hydrogens is 753 g/mol. The first-order valence-corrected chi connectivity index (χ1v) is 24.0. The largest absolute Gasteiger partial charge is 0.494 e. The Morgan fingerprint density at radius 1 is 0.323 bits per heavy atom. The molecule has 0 atom stereocenters. The smallest absolute Gasteiger partial charge is 0.119 e. The first-order chi connectivity index (χ1) is 30.6. The highest BCUT2D eigenvalue weighted by molar-refractivity contribution is 6.25. The van der Waals surface area contributed by atoms with Crippen LogP contribution in [0, 0.1) is 0 Å². The molecule has 0 aliphatic heterocycles. The van der Waals surface area contributed by atoms with Crippen molar-refractivity contribution >= 4 is 10.8 Å². The third-order valence-electron chi connectivity index (χ3n) is 12.9. The summed E-state index contributed by atoms with van der Waals surface area (Å²) in [5.74, 6) is 1.85. The predicted molar refractivity (Wildman–Crippen MR) is 267 cm³/mol. The summed E-state index contributed by atoms with van der Waals surface area (Å²) in [6.45, 7) is 10.6. The van der Waals surface area contributed by atoms with E-state index >= 15 is 0 Å². The van der Waals surface area contributed by atoms with E-state index < -0.39 is 0 Å². The molecule has 2 nitrogen and oxygen atoms in total. The molecule has 8 rings (SSSR count). The van der Waals surface area contributed by atoms with E-state index in [0.29, 0.717) is 0 Å². The van der Waals surface area contributed by atoms with Crippen LogP contribution < -0.4 is 9.47 Å². The van der Waals surface area contributed by atoms with Gasteiger partial charge >= 0.3 is 0 Å². The first-order valence-electron chi connectivity index (χ1n) is 24.0. The Bertz CT molecular complexity index is 2350. The van der Waals surface area contributed by atoms with Crippen LogP contribution in [-0.4, -0.2) is 13.2 Å². The number of fused-ring (bicyclic) bond motifs is 3. The van der Waals surface area contributed by atoms with E-state index in [4.69, 9.17) is 9.47 Å². The maximum absolute atomic E-state index is 6.36. The van der Waals surface area contributed by atoms with Crippen molar-refractivity contribution < 1.29 is 9.47 Å². The van der Waals surface area contributed by atoms with E-state index in [0.717, 1.165) is 50.4 Å². The van der Waals surface area contributed by atoms with Crippen molar-refractivity contribution in [1.82, 2.24) is 0 Å². The summed E-state index contributed by atoms with van der Waals surface area (Å²) in [6.07, 6.45) is 16.5. The Labute approximate surface area is 372 Å². The molecule has 0 unspecified atom stereocenters. The molecule has 0 radical (unpaired) electrons. The zero-order valence-corrected chi connectivity index (χ0v) is 37.8. The van der Waals surface area contributed by atoms with E-state index in [1.54, 1.807) is 0 Å². The molecule has 0 spiro atoms. The molecule has 0 bridgehead atoms. The Kier molecular flexibility index (Phi) is 14.6. The minimum atomic E-state index is 0.743. The molecule has 0 N–H and O–H groups in total. The van der Waals surface area contributed by atoms with Crippen LogP contribution in [0.15, 0.2) is 133 Å². The Balaban J connectivity index is 1.41. The Morgan fingerprint density at radius 3 is 1.05 bits per heavy atom. The van der Waals surface area contributed by atoms with Gasteiger partial charge in [0, 0.05) is 0 Å². The highest BCUT2D eigenvalue weighted by atomic mass is 16.5. The second-order valence-corrected chi connectivity index (χ2v) is 17.4. The second kappa shape index (κ2) is 21.0. The van der Waals surface area contributed by atoms with Crippen LogP contribution >= 0.6 is 0 Å². The van der Waals surface area contributed by atoms with E-state index in [1.807, 2.05) is 0 Å². The molecular formula is C60H66O2. The Hall–Kier alpha value is -5.60. The van der Waals surface area contributed by atoms with Gasteiger partial charge in [-0.15, -0.1) is 0 Å². The van der Waals surface area contributed by atoms with E-state index in [9.17, 15) is 0 Å². The molecule has 0 amide bonds. The molecule has 1 aliphatic rings. The van der Waals surface area contributed by atoms with Crippen molar-refractivity contribution in [3.05, 3.63) is 145 Å². The minimum absolute atomic E-state index is 0.743. The lowest BCUT2D eigenvalue weighted by molar-refractivity contribution is 0.305. The van der Waals surface area contributed by atoms with Crippen LogP contribution in [0.1, 0.15) is 116 Å². The van der Waals surface area contributed by atoms with Gasteiger partial charge in [0.05, 0.1) is 13.2 Å². The SMILES string of the molecule is CCCCCCOc1ccc(-c2c(-c3ccc(OCCCCCC)cc3)c(-c3ccc(CCCC)cc3)c3c(c2-c2ccc(CCCC)cc2)-c2cccc4cccc-3c24)cc1. The van der Waals surface area contributed by atoms with Gasteiger partial charge in [-0.1, -0.05) is 188 Å². The number of rotatable bonds is 22. The summed E-state index contributed by atoms with van der Waals surface area (Å²) >= 11 is 0. The van der Waals surface area contributed by atoms with Gasteiger partial charge in [-0.2, -0.15) is 0 Å². The highest BCUT2D eigenvalue weighted by Crippen LogP contribution is 2.61. The predicted octanol–water partition coefficient (Wildman–Crippen LogP) is 17.8. The summed E-state index contributed by atoms with van der Waals surface area (Å²) in [5, 5.41) is 2.62. The summed E-state index contributed by atoms with van der Waals surface area (Å²) < 4.78 is 12.7. The van der Waals surface area contributed by atoms with E-state index in [-0.39, 0.29) is 0 Å². The normalized spacial score (nSPS) is 11.6. The highest BCUT2D eigenvalue weighted by Gasteiger charge is 2.33. The van der Waals surface area contributed by atoms with Crippen LogP contribution in [0.4, 0.5) is 0 Å². The van der Waals surface area contributed by atoms with E-state index in [1.165, 1.54) is 153 Å². The fourth-order valence-corrected chi connectivity index (χ4v) is 9.51. The zero-order chi connectivity index (χ0) is 42.7. The maximum Gasteiger partial charge on any atom is 0.119 e. The van der Waals surface area contributed by atoms with Crippen LogP contribution in [0.3, 0.4) is 0 Å². The van der Waals surface area contributed by atoms with Crippen molar-refractivity contribution in [2.75, 3.05) is 13.2 Å². The second-order valence-electron chi connectivity index (χ2n) is 17.4. The zero-order valence-electron chi connectivity index (χ0n) is 37.8. The summed E-state index contributed by atoms with van der Waals surface area (Å²) in [4.78, 5) is 0. The number of benzene rings is 7. The van der Waals surface area contributed by atoms with Gasteiger partial charge in [-0.05, 0) is 151 Å². The van der Waals surface area contributed by atoms with Crippen molar-refractivity contribution in [3.8, 4) is 78.3 Å². The molecule has 0 heterocycles. The number of hydrogen-bond acceptors (Lipinski definition) is 2. The molecule has 0 aromatic heterocycles. The third-order valence-corrected chi connectivity index (χ3v) is 12.9. The van der Waals surface area contributed by atoms with Gasteiger partial charge in [0.25, 0.3) is 0 Å². The van der Waals surface area contributed by atoms with Crippen molar-refractivity contribution in [3.63, 3.8) is 0 Å². The first kappa shape index (κ1) is 43.1. The van der Waals surface area contributed by atoms with E-state index in [2.05, 4.69) is 161 Å². The average molecular weight is 819 g/mol. The van der Waals surface area contributed by atoms with Crippen molar-refractivity contribution in [2.45, 2.75) is 118 Å². The standard InChI is InChI=1S/C60H66O2/c1-5-9-13-15-41-61-50-37-33-48(34-38-50)55-56(49-35-39-51(40-36-49)62-42-16-14-10-6-2)58(47-31-27-44(28-32-47)20-12-8-4)60-53-24-18-22-45-21-17-23-52(54(45)53)59(60)57(55)46-29-25-43(26-30-46)19-11-7-3/h17-18,21-40H,5-16,19-20,41-42H2,1-4H3. The molecule has 2 heteroatoms. The topological polar surface area (TPSA) is 18.5 Å². The number of ether oxygens (including phenoxy) is 2. The van der Waals surface area contributed by atoms with Gasteiger partial charge in [-0.3, -0.25) is 0 Å². The summed E-state index contributed by atoms with van der Waals surface area (Å²) in [7, 11) is 0. The lowest BCUT2D eigenvalue weighted by atomic mass is 9.76. The fraction of sp³-hybridized carbons (Fsp3) is 0.333. The molecule has 7 aromatic rings. The van der Waals surface area contributed by atoms with Crippen molar-refractivity contribution in [2.24, 2.45) is 0 Å². The molecule has 318 valence electrons. The van der Waals surface area contributed by atoms with Crippen LogP contribution in [0.2, 0.25) is 0 Å². The van der Waals surface area contributed by atoms with Crippen LogP contribution in [0.25, 0.3) is 77.5 Å². The van der Waals surface area contributed by atoms with Crippen molar-refractivity contribution in [1.29, 1.82) is 0 Å². The fourth-order valence-electron chi connectivity index (χ4n) is 9.51. The number of hydrogen-bond donors (Lipinski definition) is 0.